The fraction of sp³-hybridized carbons (Fsp3) is 0.560. The summed E-state index contributed by atoms with van der Waals surface area (Å²) in [6.07, 6.45) is -0.191. The number of ether oxygens (including phenoxy) is 2. The van der Waals surface area contributed by atoms with Crippen LogP contribution in [-0.4, -0.2) is 93.0 Å². The van der Waals surface area contributed by atoms with Gasteiger partial charge in [-0.15, -0.1) is 11.8 Å². The zero-order chi connectivity index (χ0) is 29.4. The molecule has 3 amide bonds. The molecule has 216 valence electrons. The van der Waals surface area contributed by atoms with E-state index in [0.717, 1.165) is 4.90 Å². The Morgan fingerprint density at radius 2 is 1.65 bits per heavy atom. The minimum atomic E-state index is -3.80. The van der Waals surface area contributed by atoms with E-state index in [9.17, 15) is 32.4 Å². The van der Waals surface area contributed by atoms with Crippen LogP contribution < -0.4 is 11.1 Å². The molecule has 1 aromatic rings. The number of benzene rings is 1. The van der Waals surface area contributed by atoms with Gasteiger partial charge in [0.05, 0.1) is 11.2 Å². The molecule has 4 aliphatic rings. The van der Waals surface area contributed by atoms with Crippen molar-refractivity contribution in [3.05, 3.63) is 35.9 Å². The number of rotatable bonds is 7. The summed E-state index contributed by atoms with van der Waals surface area (Å²) < 4.78 is 33.3. The van der Waals surface area contributed by atoms with Crippen molar-refractivity contribution in [2.75, 3.05) is 6.79 Å². The minimum Gasteiger partial charge on any atom is -0.426 e. The molecular formula is C25H30N4O9S2. The van der Waals surface area contributed by atoms with Gasteiger partial charge in [0.25, 0.3) is 0 Å². The summed E-state index contributed by atoms with van der Waals surface area (Å²) in [7, 11) is -3.80. The quantitative estimate of drug-likeness (QED) is 0.234. The summed E-state index contributed by atoms with van der Waals surface area (Å²) in [5, 5.41) is 1.07. The number of nitrogens with two attached hydrogens (primary N) is 1. The van der Waals surface area contributed by atoms with Gasteiger partial charge < -0.3 is 30.3 Å². The average molecular weight is 595 g/mol. The number of hydrogen-bond donors (Lipinski definition) is 2. The third kappa shape index (κ3) is 4.08. The summed E-state index contributed by atoms with van der Waals surface area (Å²) in [5.74, 6) is -3.32. The summed E-state index contributed by atoms with van der Waals surface area (Å²) in [5.41, 5.74) is 6.64. The molecule has 4 aliphatic heterocycles. The molecule has 1 unspecified atom stereocenters. The van der Waals surface area contributed by atoms with Crippen molar-refractivity contribution in [2.24, 2.45) is 5.73 Å². The zero-order valence-electron chi connectivity index (χ0n) is 22.2. The van der Waals surface area contributed by atoms with Crippen molar-refractivity contribution in [1.29, 1.82) is 0 Å². The van der Waals surface area contributed by atoms with Crippen molar-refractivity contribution in [1.82, 2.24) is 15.1 Å². The van der Waals surface area contributed by atoms with Crippen LogP contribution in [0, 0.1) is 0 Å². The molecule has 0 aliphatic carbocycles. The Bertz CT molecular complexity index is 1400. The normalized spacial score (nSPS) is 31.3. The maximum Gasteiger partial charge on any atom is 0.333 e. The van der Waals surface area contributed by atoms with E-state index in [0.29, 0.717) is 5.56 Å². The molecule has 3 N–H and O–H groups in total. The number of fused-ring (bicyclic) bond motifs is 2. The predicted octanol–water partition coefficient (Wildman–Crippen LogP) is -0.589. The maximum absolute atomic E-state index is 13.0. The third-order valence-corrected chi connectivity index (χ3v) is 12.4. The second-order valence-corrected chi connectivity index (χ2v) is 15.6. The van der Waals surface area contributed by atoms with Gasteiger partial charge in [0.15, 0.2) is 9.84 Å². The minimum absolute atomic E-state index is 0.191. The average Bonchev–Trinajstić information content (AvgIpc) is 3.22. The van der Waals surface area contributed by atoms with Crippen LogP contribution in [0.3, 0.4) is 0 Å². The molecule has 1 aromatic carbocycles. The number of hydrogen-bond acceptors (Lipinski definition) is 11. The zero-order valence-corrected chi connectivity index (χ0v) is 23.9. The van der Waals surface area contributed by atoms with E-state index in [4.69, 9.17) is 15.2 Å². The highest BCUT2D eigenvalue weighted by Gasteiger charge is 2.68. The maximum atomic E-state index is 13.0. The Kier molecular flexibility index (Phi) is 6.70. The highest BCUT2D eigenvalue weighted by Crippen LogP contribution is 2.51. The van der Waals surface area contributed by atoms with Crippen molar-refractivity contribution < 1.29 is 41.9 Å². The summed E-state index contributed by atoms with van der Waals surface area (Å²) >= 11 is 1.31. The van der Waals surface area contributed by atoms with E-state index < -0.39 is 90.7 Å². The largest absolute Gasteiger partial charge is 0.426 e. The van der Waals surface area contributed by atoms with Crippen LogP contribution in [0.15, 0.2) is 30.3 Å². The van der Waals surface area contributed by atoms with E-state index in [1.54, 1.807) is 44.2 Å². The lowest BCUT2D eigenvalue weighted by Gasteiger charge is -2.44. The second-order valence-electron chi connectivity index (χ2n) is 11.2. The SMILES string of the molecule is CC1(C)S[C@@H]2[C@H](NC(=O)[C@@H](N)c3ccccc3)C(=O)N2[C@H]1C(=O)OCOC(=O)C1N2C(=O)C[C@H]2S(=O)(=O)C1(C)C. The van der Waals surface area contributed by atoms with E-state index in [1.165, 1.54) is 30.5 Å². The molecule has 13 nitrogen and oxygen atoms in total. The van der Waals surface area contributed by atoms with Crippen molar-refractivity contribution in [3.63, 3.8) is 0 Å². The third-order valence-electron chi connectivity index (χ3n) is 8.00. The molecule has 40 heavy (non-hydrogen) atoms. The Labute approximate surface area is 235 Å². The second kappa shape index (κ2) is 9.45. The lowest BCUT2D eigenvalue weighted by molar-refractivity contribution is -0.181. The van der Waals surface area contributed by atoms with Gasteiger partial charge in [-0.3, -0.25) is 14.4 Å². The number of carbonyl (C=O) groups excluding carboxylic acids is 5. The van der Waals surface area contributed by atoms with Crippen molar-refractivity contribution in [2.45, 2.75) is 78.5 Å². The van der Waals surface area contributed by atoms with Gasteiger partial charge in [0, 0.05) is 4.75 Å². The molecule has 0 bridgehead atoms. The molecule has 4 saturated heterocycles. The highest BCUT2D eigenvalue weighted by molar-refractivity contribution is 8.01. The molecule has 0 radical (unpaired) electrons. The first-order valence-electron chi connectivity index (χ1n) is 12.6. The summed E-state index contributed by atoms with van der Waals surface area (Å²) in [4.78, 5) is 65.9. The number of esters is 2. The van der Waals surface area contributed by atoms with E-state index in [1.807, 2.05) is 0 Å². The number of nitrogens with one attached hydrogen (secondary N) is 1. The van der Waals surface area contributed by atoms with Crippen molar-refractivity contribution in [3.8, 4) is 0 Å². The molecule has 4 heterocycles. The van der Waals surface area contributed by atoms with Gasteiger partial charge >= 0.3 is 11.9 Å². The molecule has 0 spiro atoms. The molecule has 5 rings (SSSR count). The highest BCUT2D eigenvalue weighted by atomic mass is 32.2. The lowest BCUT2D eigenvalue weighted by atomic mass is 9.95. The number of thioether (sulfide) groups is 1. The number of carbonyl (C=O) groups is 5. The fourth-order valence-corrected chi connectivity index (χ4v) is 9.44. The van der Waals surface area contributed by atoms with Crippen LogP contribution >= 0.6 is 11.8 Å². The molecule has 0 aromatic heterocycles. The standard InChI is InChI=1S/C25H30N4O9S2/c1-24(2)17(29-20(32)16(21(29)39-24)27-19(31)15(26)12-8-6-5-7-9-12)22(33)37-11-38-23(34)18-25(3,4)40(35,36)14-10-13(30)28(14)18/h5-9,14-18,21H,10-11,26H2,1-4H3,(H,27,31)/t14-,15+,16-,17+,18?,21-/m1/s1. The fourth-order valence-electron chi connectivity index (χ4n) is 5.69. The van der Waals surface area contributed by atoms with Crippen LogP contribution in [-0.2, 0) is 43.3 Å². The van der Waals surface area contributed by atoms with Crippen LogP contribution in [0.5, 0.6) is 0 Å². The first-order chi connectivity index (χ1) is 18.6. The first-order valence-corrected chi connectivity index (χ1v) is 15.0. The number of β-lactam (4-membered cyclic amide) rings is 2. The summed E-state index contributed by atoms with van der Waals surface area (Å²) in [6, 6.07) is 4.45. The van der Waals surface area contributed by atoms with Gasteiger partial charge in [-0.1, -0.05) is 30.3 Å². The molecule has 15 heteroatoms. The molecule has 4 fully saturated rings. The molecule has 0 saturated carbocycles. The number of amides is 3. The molecule has 6 atom stereocenters. The van der Waals surface area contributed by atoms with E-state index in [2.05, 4.69) is 5.32 Å². The monoisotopic (exact) mass is 594 g/mol. The smallest absolute Gasteiger partial charge is 0.333 e. The van der Waals surface area contributed by atoms with Crippen LogP contribution in [0.25, 0.3) is 0 Å². The van der Waals surface area contributed by atoms with Gasteiger partial charge in [-0.2, -0.15) is 0 Å². The Morgan fingerprint density at radius 1 is 1.05 bits per heavy atom. The Balaban J connectivity index is 1.19. The first kappa shape index (κ1) is 28.4. The van der Waals surface area contributed by atoms with Gasteiger partial charge in [-0.05, 0) is 33.3 Å². The van der Waals surface area contributed by atoms with Gasteiger partial charge in [-0.25, -0.2) is 18.0 Å². The van der Waals surface area contributed by atoms with Gasteiger partial charge in [0.1, 0.15) is 34.9 Å². The topological polar surface area (TPSA) is 182 Å². The number of nitrogens with zero attached hydrogens (tertiary/aromatic N) is 2. The van der Waals surface area contributed by atoms with Crippen LogP contribution in [0.2, 0.25) is 0 Å². The van der Waals surface area contributed by atoms with Crippen LogP contribution in [0.1, 0.15) is 45.7 Å². The Morgan fingerprint density at radius 3 is 2.25 bits per heavy atom. The summed E-state index contributed by atoms with van der Waals surface area (Å²) in [6.45, 7) is 5.37. The molecular weight excluding hydrogens is 564 g/mol. The van der Waals surface area contributed by atoms with Crippen molar-refractivity contribution >= 4 is 51.3 Å². The van der Waals surface area contributed by atoms with Crippen LogP contribution in [0.4, 0.5) is 0 Å². The van der Waals surface area contributed by atoms with Gasteiger partial charge in [0.2, 0.25) is 24.5 Å². The Hall–Kier alpha value is -3.17. The van der Waals surface area contributed by atoms with E-state index >= 15 is 0 Å². The number of sulfone groups is 1. The predicted molar refractivity (Wildman–Crippen MR) is 140 cm³/mol. The lowest BCUT2D eigenvalue weighted by Crippen LogP contribution is -2.71. The van der Waals surface area contributed by atoms with E-state index in [-0.39, 0.29) is 6.42 Å².